The molecule has 0 atom stereocenters. The molecule has 130 valence electrons. The van der Waals surface area contributed by atoms with Crippen molar-refractivity contribution in [2.45, 2.75) is 25.3 Å². The summed E-state index contributed by atoms with van der Waals surface area (Å²) >= 11 is 0. The zero-order valence-electron chi connectivity index (χ0n) is 14.3. The summed E-state index contributed by atoms with van der Waals surface area (Å²) in [7, 11) is 2.09. The number of piperidine rings is 1. The number of likely N-dealkylation sites (tertiary alicyclic amines) is 1. The Bertz CT molecular complexity index is 557. The van der Waals surface area contributed by atoms with Crippen LogP contribution in [0.2, 0.25) is 0 Å². The fraction of sp³-hybridized carbons (Fsp3) is 0.526. The van der Waals surface area contributed by atoms with Crippen LogP contribution in [0.4, 0.5) is 0 Å². The van der Waals surface area contributed by atoms with Gasteiger partial charge in [0.2, 0.25) is 0 Å². The van der Waals surface area contributed by atoms with Crippen LogP contribution in [0.25, 0.3) is 0 Å². The standard InChI is InChI=1S/C19H26N2O3/c1-3-15-24-18-7-5-16(6-8-18)19(23)21-12-9-17(10-13-21)20(2)11-4-14-22/h1,5-8,17,22H,4,9-15H2,2H3. The van der Waals surface area contributed by atoms with Gasteiger partial charge < -0.3 is 19.6 Å². The first-order valence-corrected chi connectivity index (χ1v) is 8.42. The average Bonchev–Trinajstić information content (AvgIpc) is 2.64. The molecular formula is C19H26N2O3. The predicted molar refractivity (Wildman–Crippen MR) is 94.0 cm³/mol. The summed E-state index contributed by atoms with van der Waals surface area (Å²) in [6, 6.07) is 7.61. The van der Waals surface area contributed by atoms with E-state index in [4.69, 9.17) is 16.3 Å². The third kappa shape index (κ3) is 4.98. The van der Waals surface area contributed by atoms with Crippen LogP contribution in [0.15, 0.2) is 24.3 Å². The van der Waals surface area contributed by atoms with Crippen molar-refractivity contribution < 1.29 is 14.6 Å². The molecule has 0 aromatic heterocycles. The van der Waals surface area contributed by atoms with Crippen molar-refractivity contribution in [3.63, 3.8) is 0 Å². The van der Waals surface area contributed by atoms with Crippen molar-refractivity contribution in [1.29, 1.82) is 0 Å². The van der Waals surface area contributed by atoms with E-state index in [2.05, 4.69) is 17.9 Å². The number of rotatable bonds is 7. The lowest BCUT2D eigenvalue weighted by molar-refractivity contribution is 0.0641. The van der Waals surface area contributed by atoms with E-state index < -0.39 is 0 Å². The molecule has 1 fully saturated rings. The highest BCUT2D eigenvalue weighted by Crippen LogP contribution is 2.19. The van der Waals surface area contributed by atoms with E-state index in [0.29, 0.717) is 17.4 Å². The Hall–Kier alpha value is -2.03. The fourth-order valence-electron chi connectivity index (χ4n) is 3.01. The maximum Gasteiger partial charge on any atom is 0.253 e. The maximum atomic E-state index is 12.6. The number of carbonyl (C=O) groups is 1. The van der Waals surface area contributed by atoms with Crippen molar-refractivity contribution >= 4 is 5.91 Å². The highest BCUT2D eigenvalue weighted by atomic mass is 16.5. The number of benzene rings is 1. The van der Waals surface area contributed by atoms with Gasteiger partial charge in [-0.2, -0.15) is 0 Å². The Morgan fingerprint density at radius 2 is 2.04 bits per heavy atom. The summed E-state index contributed by atoms with van der Waals surface area (Å²) in [4.78, 5) is 16.8. The first kappa shape index (κ1) is 18.3. The molecule has 0 spiro atoms. The van der Waals surface area contributed by atoms with Gasteiger partial charge in [0.25, 0.3) is 5.91 Å². The number of aliphatic hydroxyl groups is 1. The van der Waals surface area contributed by atoms with Crippen LogP contribution in [0.5, 0.6) is 5.75 Å². The molecule has 1 heterocycles. The van der Waals surface area contributed by atoms with E-state index in [1.807, 2.05) is 4.90 Å². The van der Waals surface area contributed by atoms with Gasteiger partial charge >= 0.3 is 0 Å². The second-order valence-electron chi connectivity index (χ2n) is 6.10. The molecule has 1 amide bonds. The van der Waals surface area contributed by atoms with E-state index in [1.165, 1.54) is 0 Å². The SMILES string of the molecule is C#CCOc1ccc(C(=O)N2CCC(N(C)CCCO)CC2)cc1. The first-order valence-electron chi connectivity index (χ1n) is 8.42. The molecule has 0 saturated carbocycles. The Balaban J connectivity index is 1.85. The van der Waals surface area contributed by atoms with Crippen molar-refractivity contribution in [2.75, 3.05) is 39.9 Å². The van der Waals surface area contributed by atoms with Crippen molar-refractivity contribution in [1.82, 2.24) is 9.80 Å². The zero-order valence-corrected chi connectivity index (χ0v) is 14.3. The Morgan fingerprint density at radius 3 is 2.62 bits per heavy atom. The van der Waals surface area contributed by atoms with Gasteiger partial charge in [-0.1, -0.05) is 5.92 Å². The van der Waals surface area contributed by atoms with Gasteiger partial charge in [-0.3, -0.25) is 4.79 Å². The Labute approximate surface area is 144 Å². The summed E-state index contributed by atoms with van der Waals surface area (Å²) in [6.45, 7) is 2.88. The minimum atomic E-state index is 0.0648. The molecule has 0 radical (unpaired) electrons. The van der Waals surface area contributed by atoms with Crippen LogP contribution in [0, 0.1) is 12.3 Å². The summed E-state index contributed by atoms with van der Waals surface area (Å²) in [5.41, 5.74) is 0.676. The number of hydrogen-bond acceptors (Lipinski definition) is 4. The highest BCUT2D eigenvalue weighted by molar-refractivity contribution is 5.94. The number of amides is 1. The number of ether oxygens (including phenoxy) is 1. The quantitative estimate of drug-likeness (QED) is 0.772. The topological polar surface area (TPSA) is 53.0 Å². The molecule has 5 heteroatoms. The summed E-state index contributed by atoms with van der Waals surface area (Å²) < 4.78 is 5.32. The molecule has 1 aromatic carbocycles. The van der Waals surface area contributed by atoms with Crippen molar-refractivity contribution in [3.05, 3.63) is 29.8 Å². The molecule has 5 nitrogen and oxygen atoms in total. The number of hydrogen-bond donors (Lipinski definition) is 1. The lowest BCUT2D eigenvalue weighted by atomic mass is 10.0. The van der Waals surface area contributed by atoms with Gasteiger partial charge in [0.1, 0.15) is 12.4 Å². The van der Waals surface area contributed by atoms with Crippen LogP contribution in [-0.2, 0) is 0 Å². The minimum absolute atomic E-state index is 0.0648. The summed E-state index contributed by atoms with van der Waals surface area (Å²) in [5.74, 6) is 3.16. The smallest absolute Gasteiger partial charge is 0.253 e. The molecule has 1 N–H and O–H groups in total. The molecule has 2 rings (SSSR count). The number of nitrogens with zero attached hydrogens (tertiary/aromatic N) is 2. The van der Waals surface area contributed by atoms with Gasteiger partial charge in [0.15, 0.2) is 0 Å². The third-order valence-corrected chi connectivity index (χ3v) is 4.47. The van der Waals surface area contributed by atoms with E-state index in [1.54, 1.807) is 24.3 Å². The van der Waals surface area contributed by atoms with Crippen molar-refractivity contribution in [2.24, 2.45) is 0 Å². The van der Waals surface area contributed by atoms with Crippen LogP contribution in [0.3, 0.4) is 0 Å². The van der Waals surface area contributed by atoms with Gasteiger partial charge in [-0.25, -0.2) is 0 Å². The van der Waals surface area contributed by atoms with Crippen LogP contribution in [0.1, 0.15) is 29.6 Å². The Kier molecular flexibility index (Phi) is 7.10. The van der Waals surface area contributed by atoms with E-state index in [-0.39, 0.29) is 19.1 Å². The minimum Gasteiger partial charge on any atom is -0.481 e. The molecule has 1 aliphatic rings. The van der Waals surface area contributed by atoms with E-state index in [9.17, 15) is 4.79 Å². The lowest BCUT2D eigenvalue weighted by Crippen LogP contribution is -2.45. The molecule has 1 aromatic rings. The number of carbonyl (C=O) groups excluding carboxylic acids is 1. The molecule has 1 aliphatic heterocycles. The maximum absolute atomic E-state index is 12.6. The van der Waals surface area contributed by atoms with Crippen LogP contribution < -0.4 is 4.74 Å². The Morgan fingerprint density at radius 1 is 1.38 bits per heavy atom. The lowest BCUT2D eigenvalue weighted by Gasteiger charge is -2.36. The second-order valence-corrected chi connectivity index (χ2v) is 6.10. The molecule has 24 heavy (non-hydrogen) atoms. The highest BCUT2D eigenvalue weighted by Gasteiger charge is 2.25. The fourth-order valence-corrected chi connectivity index (χ4v) is 3.01. The zero-order chi connectivity index (χ0) is 17.4. The predicted octanol–water partition coefficient (Wildman–Crippen LogP) is 1.62. The molecular weight excluding hydrogens is 304 g/mol. The molecule has 0 aliphatic carbocycles. The molecule has 1 saturated heterocycles. The summed E-state index contributed by atoms with van der Waals surface area (Å²) in [6.07, 6.45) is 7.89. The van der Waals surface area contributed by atoms with Crippen LogP contribution in [-0.4, -0.2) is 66.8 Å². The molecule has 0 unspecified atom stereocenters. The van der Waals surface area contributed by atoms with E-state index in [0.717, 1.165) is 38.9 Å². The monoisotopic (exact) mass is 330 g/mol. The largest absolute Gasteiger partial charge is 0.481 e. The van der Waals surface area contributed by atoms with Crippen LogP contribution >= 0.6 is 0 Å². The number of aliphatic hydroxyl groups excluding tert-OH is 1. The number of terminal acetylenes is 1. The third-order valence-electron chi connectivity index (χ3n) is 4.47. The van der Waals surface area contributed by atoms with Gasteiger partial charge in [0, 0.05) is 37.8 Å². The normalized spacial score (nSPS) is 15.3. The first-order chi connectivity index (χ1) is 11.7. The van der Waals surface area contributed by atoms with Gasteiger partial charge in [0.05, 0.1) is 0 Å². The molecule has 0 bridgehead atoms. The van der Waals surface area contributed by atoms with Gasteiger partial charge in [-0.05, 0) is 50.6 Å². The van der Waals surface area contributed by atoms with E-state index >= 15 is 0 Å². The average molecular weight is 330 g/mol. The summed E-state index contributed by atoms with van der Waals surface area (Å²) in [5, 5.41) is 8.92. The second kappa shape index (κ2) is 9.31. The van der Waals surface area contributed by atoms with Crippen molar-refractivity contribution in [3.8, 4) is 18.1 Å². The van der Waals surface area contributed by atoms with Gasteiger partial charge in [-0.15, -0.1) is 6.42 Å².